The number of fused-ring (bicyclic) bond motifs is 1. The van der Waals surface area contributed by atoms with Gasteiger partial charge in [-0.15, -0.1) is 0 Å². The number of carbonyl (C=O) groups excluding carboxylic acids is 1. The lowest BCUT2D eigenvalue weighted by atomic mass is 9.92. The maximum Gasteiger partial charge on any atom is 0.243 e. The Hall–Kier alpha value is -2.25. The quantitative estimate of drug-likeness (QED) is 0.817. The lowest BCUT2D eigenvalue weighted by molar-refractivity contribution is -0.126. The molecular weight excluding hydrogens is 386 g/mol. The van der Waals surface area contributed by atoms with Crippen molar-refractivity contribution in [3.63, 3.8) is 0 Å². The van der Waals surface area contributed by atoms with Crippen LogP contribution >= 0.6 is 0 Å². The largest absolute Gasteiger partial charge is 0.352 e. The molecule has 1 aliphatic carbocycles. The van der Waals surface area contributed by atoms with Crippen molar-refractivity contribution in [1.82, 2.24) is 14.6 Å². The van der Waals surface area contributed by atoms with Crippen LogP contribution in [0.25, 0.3) is 0 Å². The predicted molar refractivity (Wildman–Crippen MR) is 111 cm³/mol. The smallest absolute Gasteiger partial charge is 0.243 e. The molecule has 0 saturated carbocycles. The van der Waals surface area contributed by atoms with Gasteiger partial charge in [0, 0.05) is 37.9 Å². The van der Waals surface area contributed by atoms with Crippen LogP contribution in [0.3, 0.4) is 0 Å². The number of nitrogens with one attached hydrogen (secondary N) is 1. The van der Waals surface area contributed by atoms with Gasteiger partial charge >= 0.3 is 0 Å². The average molecular weight is 414 g/mol. The minimum atomic E-state index is -3.51. The summed E-state index contributed by atoms with van der Waals surface area (Å²) in [5, 5.41) is 2.94. The molecule has 29 heavy (non-hydrogen) atoms. The standard InChI is InChI=1S/C22H27N3O3S/c26-22(24-16-17-4-3-11-23-15-17)19-9-12-25(13-10-19)29(27,28)21-8-7-18-5-1-2-6-20(18)14-21/h3-4,7-8,11,14-15,19H,1-2,5-6,9-10,12-13,16H2,(H,24,26). The summed E-state index contributed by atoms with van der Waals surface area (Å²) in [5.41, 5.74) is 3.40. The lowest BCUT2D eigenvalue weighted by Gasteiger charge is -2.31. The molecule has 1 fully saturated rings. The Bertz CT molecular complexity index is 968. The molecule has 0 spiro atoms. The molecule has 1 amide bonds. The molecule has 4 rings (SSSR count). The van der Waals surface area contributed by atoms with Gasteiger partial charge in [-0.3, -0.25) is 9.78 Å². The summed E-state index contributed by atoms with van der Waals surface area (Å²) < 4.78 is 27.7. The van der Waals surface area contributed by atoms with E-state index in [9.17, 15) is 13.2 Å². The Labute approximate surface area is 172 Å². The number of amides is 1. The van der Waals surface area contributed by atoms with Crippen molar-refractivity contribution < 1.29 is 13.2 Å². The number of aromatic nitrogens is 1. The van der Waals surface area contributed by atoms with Gasteiger partial charge in [-0.05, 0) is 73.4 Å². The van der Waals surface area contributed by atoms with Crippen LogP contribution in [-0.4, -0.2) is 36.7 Å². The molecule has 0 bridgehead atoms. The first kappa shape index (κ1) is 20.0. The third-order valence-corrected chi connectivity index (χ3v) is 7.87. The van der Waals surface area contributed by atoms with E-state index in [1.54, 1.807) is 18.5 Å². The number of sulfonamides is 1. The summed E-state index contributed by atoms with van der Waals surface area (Å²) in [6.45, 7) is 1.20. The van der Waals surface area contributed by atoms with Crippen molar-refractivity contribution in [3.8, 4) is 0 Å². The maximum atomic E-state index is 13.1. The van der Waals surface area contributed by atoms with Crippen molar-refractivity contribution in [1.29, 1.82) is 0 Å². The third kappa shape index (κ3) is 4.51. The van der Waals surface area contributed by atoms with Crippen molar-refractivity contribution >= 4 is 15.9 Å². The van der Waals surface area contributed by atoms with Crippen LogP contribution in [0.15, 0.2) is 47.6 Å². The summed E-state index contributed by atoms with van der Waals surface area (Å²) in [6, 6.07) is 9.33. The van der Waals surface area contributed by atoms with E-state index in [0.717, 1.165) is 24.8 Å². The second-order valence-corrected chi connectivity index (χ2v) is 9.83. The van der Waals surface area contributed by atoms with Crippen molar-refractivity contribution in [3.05, 3.63) is 59.4 Å². The average Bonchev–Trinajstić information content (AvgIpc) is 2.78. The van der Waals surface area contributed by atoms with Crippen LogP contribution in [0.2, 0.25) is 0 Å². The van der Waals surface area contributed by atoms with E-state index in [1.165, 1.54) is 21.9 Å². The minimum absolute atomic E-state index is 0.0142. The van der Waals surface area contributed by atoms with Crippen LogP contribution in [0.4, 0.5) is 0 Å². The molecule has 2 aliphatic rings. The summed E-state index contributed by atoms with van der Waals surface area (Å²) >= 11 is 0. The molecule has 0 radical (unpaired) electrons. The highest BCUT2D eigenvalue weighted by Gasteiger charge is 2.32. The number of benzene rings is 1. The first-order valence-electron chi connectivity index (χ1n) is 10.3. The Morgan fingerprint density at radius 2 is 1.86 bits per heavy atom. The fourth-order valence-corrected chi connectivity index (χ4v) is 5.73. The molecule has 0 atom stereocenters. The fourth-order valence-electron chi connectivity index (χ4n) is 4.21. The molecule has 2 heterocycles. The predicted octanol–water partition coefficient (Wildman–Crippen LogP) is 2.68. The zero-order valence-corrected chi connectivity index (χ0v) is 17.3. The number of rotatable bonds is 5. The van der Waals surface area contributed by atoms with Crippen LogP contribution in [0, 0.1) is 5.92 Å². The van der Waals surface area contributed by atoms with E-state index in [4.69, 9.17) is 0 Å². The topological polar surface area (TPSA) is 79.4 Å². The molecule has 2 aromatic rings. The van der Waals surface area contributed by atoms with E-state index in [0.29, 0.717) is 37.4 Å². The Balaban J connectivity index is 1.35. The van der Waals surface area contributed by atoms with Crippen LogP contribution in [0.1, 0.15) is 42.4 Å². The molecule has 154 valence electrons. The number of carbonyl (C=O) groups is 1. The summed E-state index contributed by atoms with van der Waals surface area (Å²) in [6.07, 6.45) is 8.81. The van der Waals surface area contributed by atoms with Crippen LogP contribution in [0.5, 0.6) is 0 Å². The van der Waals surface area contributed by atoms with Crippen LogP contribution in [-0.2, 0) is 34.2 Å². The number of nitrogens with zero attached hydrogens (tertiary/aromatic N) is 2. The monoisotopic (exact) mass is 413 g/mol. The first-order chi connectivity index (χ1) is 14.0. The highest BCUT2D eigenvalue weighted by molar-refractivity contribution is 7.89. The highest BCUT2D eigenvalue weighted by Crippen LogP contribution is 2.28. The van der Waals surface area contributed by atoms with Gasteiger partial charge in [0.05, 0.1) is 4.90 Å². The zero-order chi connectivity index (χ0) is 20.3. The van der Waals surface area contributed by atoms with Gasteiger partial charge in [0.25, 0.3) is 0 Å². The van der Waals surface area contributed by atoms with Gasteiger partial charge in [-0.1, -0.05) is 12.1 Å². The van der Waals surface area contributed by atoms with E-state index < -0.39 is 10.0 Å². The second-order valence-electron chi connectivity index (χ2n) is 7.90. The summed E-state index contributed by atoms with van der Waals surface area (Å²) in [4.78, 5) is 16.9. The normalized spacial score (nSPS) is 18.2. The Kier molecular flexibility index (Phi) is 5.96. The van der Waals surface area contributed by atoms with Gasteiger partial charge < -0.3 is 5.32 Å². The molecule has 1 aliphatic heterocycles. The molecule has 1 saturated heterocycles. The minimum Gasteiger partial charge on any atom is -0.352 e. The van der Waals surface area contributed by atoms with Gasteiger partial charge in [0.15, 0.2) is 0 Å². The fraction of sp³-hybridized carbons (Fsp3) is 0.455. The van der Waals surface area contributed by atoms with Gasteiger partial charge in [0.2, 0.25) is 15.9 Å². The molecule has 1 aromatic carbocycles. The molecule has 6 nitrogen and oxygen atoms in total. The van der Waals surface area contributed by atoms with E-state index in [2.05, 4.69) is 10.3 Å². The first-order valence-corrected chi connectivity index (χ1v) is 11.8. The SMILES string of the molecule is O=C(NCc1cccnc1)C1CCN(S(=O)(=O)c2ccc3c(c2)CCCC3)CC1. The van der Waals surface area contributed by atoms with Crippen LogP contribution < -0.4 is 5.32 Å². The Morgan fingerprint density at radius 3 is 2.59 bits per heavy atom. The second kappa shape index (κ2) is 8.63. The zero-order valence-electron chi connectivity index (χ0n) is 16.5. The highest BCUT2D eigenvalue weighted by atomic mass is 32.2. The number of hydrogen-bond donors (Lipinski definition) is 1. The number of piperidine rings is 1. The summed E-state index contributed by atoms with van der Waals surface area (Å²) in [7, 11) is -3.51. The number of aryl methyl sites for hydroxylation is 2. The molecule has 0 unspecified atom stereocenters. The Morgan fingerprint density at radius 1 is 1.10 bits per heavy atom. The number of pyridine rings is 1. The third-order valence-electron chi connectivity index (χ3n) is 5.97. The summed E-state index contributed by atoms with van der Waals surface area (Å²) in [5.74, 6) is -0.165. The molecule has 1 N–H and O–H groups in total. The van der Waals surface area contributed by atoms with Crippen molar-refractivity contribution in [2.24, 2.45) is 5.92 Å². The molecule has 1 aromatic heterocycles. The van der Waals surface area contributed by atoms with Gasteiger partial charge in [-0.25, -0.2) is 8.42 Å². The molecule has 7 heteroatoms. The van der Waals surface area contributed by atoms with Gasteiger partial charge in [-0.2, -0.15) is 4.31 Å². The molecular formula is C22H27N3O3S. The van der Waals surface area contributed by atoms with E-state index >= 15 is 0 Å². The van der Waals surface area contributed by atoms with Crippen molar-refractivity contribution in [2.45, 2.75) is 50.0 Å². The maximum absolute atomic E-state index is 13.1. The van der Waals surface area contributed by atoms with E-state index in [1.807, 2.05) is 24.3 Å². The number of hydrogen-bond acceptors (Lipinski definition) is 4. The lowest BCUT2D eigenvalue weighted by Crippen LogP contribution is -2.42. The van der Waals surface area contributed by atoms with Gasteiger partial charge in [0.1, 0.15) is 0 Å². The van der Waals surface area contributed by atoms with Crippen molar-refractivity contribution in [2.75, 3.05) is 13.1 Å². The van der Waals surface area contributed by atoms with E-state index in [-0.39, 0.29) is 11.8 Å².